The van der Waals surface area contributed by atoms with Gasteiger partial charge in [0.2, 0.25) is 0 Å². The number of nitrogens with one attached hydrogen (secondary N) is 2. The molecule has 0 saturated carbocycles. The van der Waals surface area contributed by atoms with Gasteiger partial charge in [0.1, 0.15) is 0 Å². The van der Waals surface area contributed by atoms with Crippen LogP contribution in [0.3, 0.4) is 0 Å². The maximum Gasteiger partial charge on any atom is 0.0500 e. The van der Waals surface area contributed by atoms with E-state index in [4.69, 9.17) is 5.73 Å². The number of hydrogen-bond donors (Lipinski definition) is 3. The quantitative estimate of drug-likeness (QED) is 0.513. The lowest BCUT2D eigenvalue weighted by Crippen LogP contribution is -2.21. The minimum absolute atomic E-state index is 0.711. The molecule has 66 valence electrons. The molecule has 0 amide bonds. The third-order valence-electron chi connectivity index (χ3n) is 1.41. The van der Waals surface area contributed by atoms with E-state index in [0.29, 0.717) is 5.69 Å². The highest BCUT2D eigenvalue weighted by Crippen LogP contribution is 1.92. The van der Waals surface area contributed by atoms with E-state index in [9.17, 15) is 0 Å². The fraction of sp³-hybridized carbons (Fsp3) is 0.375. The fourth-order valence-corrected chi connectivity index (χ4v) is 0.818. The van der Waals surface area contributed by atoms with Crippen molar-refractivity contribution in [3.63, 3.8) is 0 Å². The van der Waals surface area contributed by atoms with Gasteiger partial charge in [0.05, 0.1) is 5.69 Å². The van der Waals surface area contributed by atoms with E-state index in [0.717, 1.165) is 13.1 Å². The molecule has 12 heavy (non-hydrogen) atoms. The van der Waals surface area contributed by atoms with E-state index in [1.54, 1.807) is 24.5 Å². The zero-order valence-corrected chi connectivity index (χ0v) is 6.96. The van der Waals surface area contributed by atoms with Gasteiger partial charge in [0.25, 0.3) is 0 Å². The van der Waals surface area contributed by atoms with E-state index in [1.807, 2.05) is 0 Å². The van der Waals surface area contributed by atoms with Crippen molar-refractivity contribution in [3.8, 4) is 0 Å². The Morgan fingerprint density at radius 3 is 2.33 bits per heavy atom. The van der Waals surface area contributed by atoms with Crippen molar-refractivity contribution in [2.75, 3.05) is 18.8 Å². The first kappa shape index (κ1) is 8.96. The van der Waals surface area contributed by atoms with Crippen LogP contribution < -0.4 is 16.6 Å². The molecule has 0 unspecified atom stereocenters. The molecule has 0 atom stereocenters. The third-order valence-corrected chi connectivity index (χ3v) is 1.41. The molecule has 0 aliphatic carbocycles. The van der Waals surface area contributed by atoms with E-state index in [-0.39, 0.29) is 0 Å². The highest BCUT2D eigenvalue weighted by atomic mass is 15.4. The zero-order chi connectivity index (χ0) is 8.65. The molecule has 0 bridgehead atoms. The van der Waals surface area contributed by atoms with Crippen molar-refractivity contribution < 1.29 is 0 Å². The molecule has 1 saturated heterocycles. The molecule has 1 fully saturated rings. The standard InChI is InChI=1S/C5H6N2.C3H8N2/c6-5-2-1-3-7-4-5;1-2-4-5-3-1/h1-4H,6H2;4-5H,1-3H2. The Morgan fingerprint density at radius 2 is 2.08 bits per heavy atom. The summed E-state index contributed by atoms with van der Waals surface area (Å²) >= 11 is 0. The molecule has 4 heteroatoms. The smallest absolute Gasteiger partial charge is 0.0500 e. The van der Waals surface area contributed by atoms with Gasteiger partial charge in [-0.3, -0.25) is 15.8 Å². The first-order valence-corrected chi connectivity index (χ1v) is 4.01. The van der Waals surface area contributed by atoms with Gasteiger partial charge < -0.3 is 5.73 Å². The van der Waals surface area contributed by atoms with E-state index in [2.05, 4.69) is 15.8 Å². The van der Waals surface area contributed by atoms with Crippen LogP contribution in [0, 0.1) is 0 Å². The van der Waals surface area contributed by atoms with E-state index >= 15 is 0 Å². The molecule has 1 aliphatic rings. The minimum atomic E-state index is 0.711. The Kier molecular flexibility index (Phi) is 4.12. The van der Waals surface area contributed by atoms with Crippen molar-refractivity contribution in [1.82, 2.24) is 15.8 Å². The lowest BCUT2D eigenvalue weighted by Gasteiger charge is -1.83. The number of pyridine rings is 1. The Balaban J connectivity index is 0.000000127. The summed E-state index contributed by atoms with van der Waals surface area (Å²) in [5.74, 6) is 0. The maximum atomic E-state index is 5.30. The Labute approximate surface area is 72.2 Å². The molecular weight excluding hydrogens is 152 g/mol. The van der Waals surface area contributed by atoms with Crippen LogP contribution in [0.5, 0.6) is 0 Å². The number of aromatic nitrogens is 1. The Bertz CT molecular complexity index is 188. The number of nitrogens with two attached hydrogens (primary N) is 1. The normalized spacial score (nSPS) is 15.0. The molecule has 0 aromatic carbocycles. The number of hydrazine groups is 1. The minimum Gasteiger partial charge on any atom is -0.397 e. The van der Waals surface area contributed by atoms with Crippen LogP contribution in [0.1, 0.15) is 6.42 Å². The number of anilines is 1. The Hall–Kier alpha value is -1.13. The van der Waals surface area contributed by atoms with Crippen molar-refractivity contribution in [1.29, 1.82) is 0 Å². The summed E-state index contributed by atoms with van der Waals surface area (Å²) in [7, 11) is 0. The fourth-order valence-electron chi connectivity index (χ4n) is 0.818. The summed E-state index contributed by atoms with van der Waals surface area (Å²) in [5.41, 5.74) is 12.0. The van der Waals surface area contributed by atoms with Gasteiger partial charge in [-0.15, -0.1) is 0 Å². The summed E-state index contributed by atoms with van der Waals surface area (Å²) < 4.78 is 0. The second-order valence-corrected chi connectivity index (χ2v) is 2.49. The summed E-state index contributed by atoms with van der Waals surface area (Å²) in [6, 6.07) is 3.60. The van der Waals surface area contributed by atoms with Crippen LogP contribution in [0.25, 0.3) is 0 Å². The summed E-state index contributed by atoms with van der Waals surface area (Å²) in [6.45, 7) is 2.28. The van der Waals surface area contributed by atoms with Gasteiger partial charge >= 0.3 is 0 Å². The molecule has 0 spiro atoms. The SMILES string of the molecule is C1CNNC1.Nc1cccnc1. The number of nitrogen functional groups attached to an aromatic ring is 1. The molecule has 2 heterocycles. The summed E-state index contributed by atoms with van der Waals surface area (Å²) in [5, 5.41) is 0. The first-order chi connectivity index (χ1) is 5.89. The zero-order valence-electron chi connectivity index (χ0n) is 6.96. The Morgan fingerprint density at radius 1 is 1.33 bits per heavy atom. The molecule has 4 N–H and O–H groups in total. The third kappa shape index (κ3) is 3.90. The van der Waals surface area contributed by atoms with Crippen molar-refractivity contribution in [2.24, 2.45) is 0 Å². The molecule has 0 radical (unpaired) electrons. The highest BCUT2D eigenvalue weighted by molar-refractivity contribution is 5.32. The van der Waals surface area contributed by atoms with Crippen LogP contribution in [-0.4, -0.2) is 18.1 Å². The number of rotatable bonds is 0. The predicted octanol–water partition coefficient (Wildman–Crippen LogP) is 0.148. The second-order valence-electron chi connectivity index (χ2n) is 2.49. The number of hydrogen-bond acceptors (Lipinski definition) is 4. The highest BCUT2D eigenvalue weighted by Gasteiger charge is 1.91. The van der Waals surface area contributed by atoms with Crippen LogP contribution in [0.2, 0.25) is 0 Å². The molecular formula is C8H14N4. The van der Waals surface area contributed by atoms with Crippen molar-refractivity contribution >= 4 is 5.69 Å². The summed E-state index contributed by atoms with van der Waals surface area (Å²) in [4.78, 5) is 3.76. The maximum absolute atomic E-state index is 5.30. The van der Waals surface area contributed by atoms with Gasteiger partial charge in [-0.1, -0.05) is 0 Å². The van der Waals surface area contributed by atoms with E-state index < -0.39 is 0 Å². The molecule has 1 aromatic rings. The van der Waals surface area contributed by atoms with Crippen LogP contribution >= 0.6 is 0 Å². The topological polar surface area (TPSA) is 63.0 Å². The molecule has 1 aliphatic heterocycles. The molecule has 2 rings (SSSR count). The summed E-state index contributed by atoms with van der Waals surface area (Å²) in [6.07, 6.45) is 4.58. The lowest BCUT2D eigenvalue weighted by molar-refractivity contribution is 0.689. The monoisotopic (exact) mass is 166 g/mol. The largest absolute Gasteiger partial charge is 0.397 e. The van der Waals surface area contributed by atoms with Crippen molar-refractivity contribution in [2.45, 2.75) is 6.42 Å². The average Bonchev–Trinajstić information content (AvgIpc) is 2.62. The van der Waals surface area contributed by atoms with Gasteiger partial charge in [-0.2, -0.15) is 0 Å². The predicted molar refractivity (Wildman–Crippen MR) is 49.3 cm³/mol. The second kappa shape index (κ2) is 5.51. The first-order valence-electron chi connectivity index (χ1n) is 4.01. The average molecular weight is 166 g/mol. The molecule has 4 nitrogen and oxygen atoms in total. The van der Waals surface area contributed by atoms with Crippen LogP contribution in [0.15, 0.2) is 24.5 Å². The van der Waals surface area contributed by atoms with Gasteiger partial charge in [0.15, 0.2) is 0 Å². The lowest BCUT2D eigenvalue weighted by atomic mass is 10.4. The number of nitrogens with zero attached hydrogens (tertiary/aromatic N) is 1. The van der Waals surface area contributed by atoms with Crippen LogP contribution in [0.4, 0.5) is 5.69 Å². The van der Waals surface area contributed by atoms with Crippen LogP contribution in [-0.2, 0) is 0 Å². The van der Waals surface area contributed by atoms with E-state index in [1.165, 1.54) is 6.42 Å². The van der Waals surface area contributed by atoms with Gasteiger partial charge in [-0.05, 0) is 18.6 Å². The molecule has 1 aromatic heterocycles. The van der Waals surface area contributed by atoms with Crippen molar-refractivity contribution in [3.05, 3.63) is 24.5 Å². The van der Waals surface area contributed by atoms with Gasteiger partial charge in [0, 0.05) is 25.5 Å². The van der Waals surface area contributed by atoms with Gasteiger partial charge in [-0.25, -0.2) is 0 Å².